The molecule has 6 nitrogen and oxygen atoms in total. The lowest BCUT2D eigenvalue weighted by Gasteiger charge is -2.37. The van der Waals surface area contributed by atoms with Gasteiger partial charge in [-0.1, -0.05) is 33.3 Å². The number of aryl methyl sites for hydroxylation is 1. The Morgan fingerprint density at radius 3 is 2.67 bits per heavy atom. The maximum Gasteiger partial charge on any atom is 0.252 e. The maximum atomic E-state index is 13.1. The van der Waals surface area contributed by atoms with Crippen LogP contribution in [0.5, 0.6) is 0 Å². The Balaban J connectivity index is 1.76. The van der Waals surface area contributed by atoms with Gasteiger partial charge in [0.1, 0.15) is 6.61 Å². The highest BCUT2D eigenvalue weighted by Gasteiger charge is 2.33. The second kappa shape index (κ2) is 9.37. The zero-order chi connectivity index (χ0) is 22.1. The Morgan fingerprint density at radius 2 is 2.00 bits per heavy atom. The molecule has 3 rings (SSSR count). The molecule has 1 fully saturated rings. The number of hydrogen-bond donors (Lipinski definition) is 0. The number of amides is 1. The lowest BCUT2D eigenvalue weighted by molar-refractivity contribution is -0.128. The Bertz CT molecular complexity index is 866. The van der Waals surface area contributed by atoms with E-state index in [-0.39, 0.29) is 23.5 Å². The van der Waals surface area contributed by atoms with Crippen LogP contribution in [0.25, 0.3) is 0 Å². The van der Waals surface area contributed by atoms with Crippen molar-refractivity contribution < 1.29 is 17.9 Å². The molecule has 1 heterocycles. The normalized spacial score (nSPS) is 24.9. The van der Waals surface area contributed by atoms with E-state index in [0.29, 0.717) is 30.0 Å². The number of hydrogen-bond acceptors (Lipinski definition) is 4. The predicted octanol–water partition coefficient (Wildman–Crippen LogP) is 3.69. The molecular weight excluding hydrogens is 400 g/mol. The molecule has 1 amide bonds. The van der Waals surface area contributed by atoms with E-state index in [9.17, 15) is 13.2 Å². The molecule has 168 valence electrons. The number of benzene rings is 1. The first-order valence-electron chi connectivity index (χ1n) is 11.1. The lowest BCUT2D eigenvalue weighted by atomic mass is 9.75. The number of fused-ring (bicyclic) bond motifs is 1. The number of carbonyl (C=O) groups excluding carboxylic acids is 1. The van der Waals surface area contributed by atoms with E-state index in [1.165, 1.54) is 24.8 Å². The standard InChI is InChI=1S/C23H36N2O4S/c1-16(2)20-11-8-17(3)13-22(20)29-15-23(26)25-12-6-7-18-9-10-19(14-21(18)25)30(27,28)24(4)5/h9-10,14,16-17,20,22H,6-8,11-13,15H2,1-5H3. The summed E-state index contributed by atoms with van der Waals surface area (Å²) in [6.45, 7) is 7.35. The van der Waals surface area contributed by atoms with Crippen molar-refractivity contribution in [3.63, 3.8) is 0 Å². The quantitative estimate of drug-likeness (QED) is 0.682. The van der Waals surface area contributed by atoms with Gasteiger partial charge < -0.3 is 9.64 Å². The number of rotatable bonds is 6. The van der Waals surface area contributed by atoms with Gasteiger partial charge in [0, 0.05) is 26.3 Å². The van der Waals surface area contributed by atoms with E-state index in [4.69, 9.17) is 4.74 Å². The van der Waals surface area contributed by atoms with Gasteiger partial charge in [0.15, 0.2) is 0 Å². The molecule has 0 spiro atoms. The Kier molecular flexibility index (Phi) is 7.25. The average molecular weight is 437 g/mol. The molecule has 3 atom stereocenters. The van der Waals surface area contributed by atoms with Crippen molar-refractivity contribution in [3.8, 4) is 0 Å². The summed E-state index contributed by atoms with van der Waals surface area (Å²) in [7, 11) is -0.516. The van der Waals surface area contributed by atoms with E-state index in [0.717, 1.165) is 31.2 Å². The predicted molar refractivity (Wildman–Crippen MR) is 119 cm³/mol. The van der Waals surface area contributed by atoms with Crippen LogP contribution in [0.2, 0.25) is 0 Å². The third kappa shape index (κ3) is 4.89. The minimum atomic E-state index is -3.55. The maximum absolute atomic E-state index is 13.1. The molecule has 0 radical (unpaired) electrons. The third-order valence-electron chi connectivity index (χ3n) is 6.64. The topological polar surface area (TPSA) is 66.9 Å². The number of nitrogens with zero attached hydrogens (tertiary/aromatic N) is 2. The second-order valence-corrected chi connectivity index (χ2v) is 11.6. The molecule has 0 aromatic heterocycles. The van der Waals surface area contributed by atoms with Crippen molar-refractivity contribution in [2.45, 2.75) is 63.9 Å². The first kappa shape index (κ1) is 23.2. The van der Waals surface area contributed by atoms with E-state index >= 15 is 0 Å². The fourth-order valence-corrected chi connectivity index (χ4v) is 5.67. The van der Waals surface area contributed by atoms with Crippen LogP contribution in [-0.2, 0) is 26.0 Å². The second-order valence-electron chi connectivity index (χ2n) is 9.40. The number of anilines is 1. The molecule has 0 saturated heterocycles. The van der Waals surface area contributed by atoms with Gasteiger partial charge in [-0.3, -0.25) is 4.79 Å². The van der Waals surface area contributed by atoms with Crippen LogP contribution < -0.4 is 4.90 Å². The molecule has 1 saturated carbocycles. The highest BCUT2D eigenvalue weighted by atomic mass is 32.2. The lowest BCUT2D eigenvalue weighted by Crippen LogP contribution is -2.41. The van der Waals surface area contributed by atoms with E-state index in [1.807, 2.05) is 6.07 Å². The van der Waals surface area contributed by atoms with Crippen molar-refractivity contribution in [1.82, 2.24) is 4.31 Å². The first-order chi connectivity index (χ1) is 14.1. The summed E-state index contributed by atoms with van der Waals surface area (Å²) in [6, 6.07) is 5.11. The average Bonchev–Trinajstić information content (AvgIpc) is 2.70. The van der Waals surface area contributed by atoms with E-state index < -0.39 is 10.0 Å². The van der Waals surface area contributed by atoms with Crippen molar-refractivity contribution >= 4 is 21.6 Å². The largest absolute Gasteiger partial charge is 0.368 e. The van der Waals surface area contributed by atoms with E-state index in [2.05, 4.69) is 20.8 Å². The van der Waals surface area contributed by atoms with Crippen molar-refractivity contribution in [2.75, 3.05) is 32.1 Å². The van der Waals surface area contributed by atoms with Crippen molar-refractivity contribution in [3.05, 3.63) is 23.8 Å². The van der Waals surface area contributed by atoms with Crippen LogP contribution in [0.4, 0.5) is 5.69 Å². The zero-order valence-corrected chi connectivity index (χ0v) is 19.7. The van der Waals surface area contributed by atoms with Gasteiger partial charge in [-0.25, -0.2) is 12.7 Å². The molecule has 0 N–H and O–H groups in total. The van der Waals surface area contributed by atoms with Gasteiger partial charge in [-0.2, -0.15) is 0 Å². The summed E-state index contributed by atoms with van der Waals surface area (Å²) in [5.74, 6) is 1.55. The molecule has 0 bridgehead atoms. The van der Waals surface area contributed by atoms with Gasteiger partial charge in [-0.15, -0.1) is 0 Å². The van der Waals surface area contributed by atoms with Gasteiger partial charge in [0.05, 0.1) is 11.0 Å². The molecule has 3 unspecified atom stereocenters. The minimum Gasteiger partial charge on any atom is -0.368 e. The summed E-state index contributed by atoms with van der Waals surface area (Å²) < 4.78 is 32.5. The smallest absolute Gasteiger partial charge is 0.252 e. The first-order valence-corrected chi connectivity index (χ1v) is 12.5. The van der Waals surface area contributed by atoms with Crippen molar-refractivity contribution in [2.24, 2.45) is 17.8 Å². The monoisotopic (exact) mass is 436 g/mol. The van der Waals surface area contributed by atoms with Crippen LogP contribution in [-0.4, -0.2) is 52.0 Å². The summed E-state index contributed by atoms with van der Waals surface area (Å²) in [4.78, 5) is 15.0. The molecule has 1 aliphatic heterocycles. The van der Waals surface area contributed by atoms with Gasteiger partial charge in [0.25, 0.3) is 5.91 Å². The molecule has 2 aliphatic rings. The SMILES string of the molecule is CC1CCC(C(C)C)C(OCC(=O)N2CCCc3ccc(S(=O)(=O)N(C)C)cc32)C1. The fourth-order valence-electron chi connectivity index (χ4n) is 4.75. The van der Waals surface area contributed by atoms with E-state index in [1.54, 1.807) is 17.0 Å². The fraction of sp³-hybridized carbons (Fsp3) is 0.696. The molecule has 1 aromatic rings. The molecule has 7 heteroatoms. The van der Waals surface area contributed by atoms with Crippen LogP contribution in [0.3, 0.4) is 0 Å². The minimum absolute atomic E-state index is 0.0463. The Hall–Kier alpha value is -1.44. The highest BCUT2D eigenvalue weighted by Crippen LogP contribution is 2.36. The summed E-state index contributed by atoms with van der Waals surface area (Å²) in [5, 5.41) is 0. The highest BCUT2D eigenvalue weighted by molar-refractivity contribution is 7.89. The Morgan fingerprint density at radius 1 is 1.27 bits per heavy atom. The summed E-state index contributed by atoms with van der Waals surface area (Å²) in [6.07, 6.45) is 5.20. The third-order valence-corrected chi connectivity index (χ3v) is 8.45. The number of ether oxygens (including phenoxy) is 1. The number of sulfonamides is 1. The van der Waals surface area contributed by atoms with Crippen LogP contribution in [0, 0.1) is 17.8 Å². The van der Waals surface area contributed by atoms with Crippen LogP contribution in [0.15, 0.2) is 23.1 Å². The number of carbonyl (C=O) groups is 1. The summed E-state index contributed by atoms with van der Waals surface area (Å²) >= 11 is 0. The van der Waals surface area contributed by atoms with Crippen molar-refractivity contribution in [1.29, 1.82) is 0 Å². The molecular formula is C23H36N2O4S. The van der Waals surface area contributed by atoms with Crippen LogP contribution >= 0.6 is 0 Å². The van der Waals surface area contributed by atoms with Crippen LogP contribution in [0.1, 0.15) is 52.0 Å². The summed E-state index contributed by atoms with van der Waals surface area (Å²) in [5.41, 5.74) is 1.72. The zero-order valence-electron chi connectivity index (χ0n) is 18.9. The van der Waals surface area contributed by atoms with Gasteiger partial charge >= 0.3 is 0 Å². The molecule has 30 heavy (non-hydrogen) atoms. The molecule has 1 aromatic carbocycles. The Labute approximate surface area is 181 Å². The van der Waals surface area contributed by atoms with Gasteiger partial charge in [-0.05, 0) is 61.1 Å². The molecule has 1 aliphatic carbocycles. The van der Waals surface area contributed by atoms with Gasteiger partial charge in [0.2, 0.25) is 10.0 Å².